The van der Waals surface area contributed by atoms with Gasteiger partial charge in [-0.1, -0.05) is 0 Å². The number of anilines is 2. The van der Waals surface area contributed by atoms with Crippen LogP contribution in [0.1, 0.15) is 0 Å². The zero-order valence-corrected chi connectivity index (χ0v) is 11.7. The third kappa shape index (κ3) is 2.31. The van der Waals surface area contributed by atoms with Crippen LogP contribution in [0.25, 0.3) is 0 Å². The number of halogens is 2. The minimum absolute atomic E-state index is 0.104. The van der Waals surface area contributed by atoms with E-state index in [1.165, 1.54) is 19.2 Å². The Kier molecular flexibility index (Phi) is 3.13. The summed E-state index contributed by atoms with van der Waals surface area (Å²) in [6.07, 6.45) is -6.27. The molecule has 1 aromatic rings. The molecule has 2 aliphatic heterocycles. The Morgan fingerprint density at radius 2 is 2.09 bits per heavy atom. The van der Waals surface area contributed by atoms with E-state index in [2.05, 4.69) is 9.47 Å². The molecule has 1 N–H and O–H groups in total. The predicted molar refractivity (Wildman–Crippen MR) is 70.7 cm³/mol. The molecule has 23 heavy (non-hydrogen) atoms. The molecule has 0 spiro atoms. The van der Waals surface area contributed by atoms with E-state index in [0.717, 1.165) is 15.9 Å². The number of carbonyl (C=O) groups is 3. The summed E-state index contributed by atoms with van der Waals surface area (Å²) in [5.74, 6) is -3.13. The Bertz CT molecular complexity index is 722. The summed E-state index contributed by atoms with van der Waals surface area (Å²) in [5, 5.41) is 8.85. The van der Waals surface area contributed by atoms with Crippen molar-refractivity contribution in [3.63, 3.8) is 0 Å². The number of rotatable bonds is 2. The van der Waals surface area contributed by atoms with Crippen molar-refractivity contribution in [3.8, 4) is 5.75 Å². The van der Waals surface area contributed by atoms with Crippen LogP contribution in [0.2, 0.25) is 0 Å². The molecule has 1 aromatic carbocycles. The Hall–Kier alpha value is -2.91. The highest BCUT2D eigenvalue weighted by atomic mass is 19.3. The number of amides is 2. The predicted octanol–water partition coefficient (Wildman–Crippen LogP) is 1.04. The van der Waals surface area contributed by atoms with Gasteiger partial charge in [0.05, 0.1) is 17.9 Å². The molecule has 1 fully saturated rings. The van der Waals surface area contributed by atoms with Crippen molar-refractivity contribution in [2.45, 2.75) is 12.2 Å². The van der Waals surface area contributed by atoms with Gasteiger partial charge in [-0.3, -0.25) is 9.69 Å². The summed E-state index contributed by atoms with van der Waals surface area (Å²) in [4.78, 5) is 35.7. The van der Waals surface area contributed by atoms with Gasteiger partial charge in [-0.15, -0.1) is 0 Å². The molecule has 122 valence electrons. The normalized spacial score (nSPS) is 22.5. The van der Waals surface area contributed by atoms with Crippen molar-refractivity contribution in [2.24, 2.45) is 0 Å². The van der Waals surface area contributed by atoms with Crippen LogP contribution >= 0.6 is 0 Å². The maximum atomic E-state index is 13.5. The highest BCUT2D eigenvalue weighted by Gasteiger charge is 2.49. The number of cyclic esters (lactones) is 1. The van der Waals surface area contributed by atoms with Crippen molar-refractivity contribution in [3.05, 3.63) is 18.2 Å². The number of alkyl halides is 2. The standard InChI is InChI=1S/C13H10F2N2O6/c1-16-7-3-2-6(4-8(7)23-13(14,15)11(16)20)17-5-9(10(18)19)22-12(17)21/h2-4,9H,5H2,1H3,(H,18,19)/t9-/m1/s1. The second kappa shape index (κ2) is 4.80. The van der Waals surface area contributed by atoms with E-state index in [9.17, 15) is 23.2 Å². The molecule has 1 atom stereocenters. The summed E-state index contributed by atoms with van der Waals surface area (Å²) < 4.78 is 36.0. The maximum Gasteiger partial charge on any atom is 0.482 e. The average Bonchev–Trinajstić information content (AvgIpc) is 2.86. The summed E-state index contributed by atoms with van der Waals surface area (Å²) in [7, 11) is 1.17. The Balaban J connectivity index is 1.95. The molecule has 2 aliphatic rings. The van der Waals surface area contributed by atoms with Crippen molar-refractivity contribution < 1.29 is 37.7 Å². The first kappa shape index (κ1) is 15.0. The highest BCUT2D eigenvalue weighted by Crippen LogP contribution is 2.41. The lowest BCUT2D eigenvalue weighted by Gasteiger charge is -2.31. The van der Waals surface area contributed by atoms with E-state index < -0.39 is 30.2 Å². The van der Waals surface area contributed by atoms with Gasteiger partial charge in [-0.2, -0.15) is 8.78 Å². The highest BCUT2D eigenvalue weighted by molar-refractivity contribution is 6.01. The van der Waals surface area contributed by atoms with Crippen molar-refractivity contribution in [1.82, 2.24) is 0 Å². The van der Waals surface area contributed by atoms with Crippen LogP contribution < -0.4 is 14.5 Å². The van der Waals surface area contributed by atoms with Gasteiger partial charge in [0.15, 0.2) is 5.75 Å². The van der Waals surface area contributed by atoms with Crippen LogP contribution in [-0.2, 0) is 14.3 Å². The number of hydrogen-bond donors (Lipinski definition) is 1. The van der Waals surface area contributed by atoms with Gasteiger partial charge in [0.2, 0.25) is 6.10 Å². The fraction of sp³-hybridized carbons (Fsp3) is 0.308. The summed E-state index contributed by atoms with van der Waals surface area (Å²) >= 11 is 0. The topological polar surface area (TPSA) is 96.4 Å². The number of carboxylic acid groups (broad SMARTS) is 1. The molecule has 10 heteroatoms. The molecular weight excluding hydrogens is 318 g/mol. The number of aliphatic carboxylic acids is 1. The number of hydrogen-bond acceptors (Lipinski definition) is 5. The summed E-state index contributed by atoms with van der Waals surface area (Å²) in [6, 6.07) is 3.82. The van der Waals surface area contributed by atoms with E-state index in [-0.39, 0.29) is 23.7 Å². The smallest absolute Gasteiger partial charge is 0.478 e. The van der Waals surface area contributed by atoms with Crippen LogP contribution in [0.5, 0.6) is 5.75 Å². The van der Waals surface area contributed by atoms with Gasteiger partial charge >= 0.3 is 24.1 Å². The average molecular weight is 328 g/mol. The van der Waals surface area contributed by atoms with Crippen LogP contribution in [0.15, 0.2) is 18.2 Å². The summed E-state index contributed by atoms with van der Waals surface area (Å²) in [6.45, 7) is -0.266. The zero-order chi connectivity index (χ0) is 16.9. The minimum Gasteiger partial charge on any atom is -0.478 e. The largest absolute Gasteiger partial charge is 0.482 e. The Morgan fingerprint density at radius 1 is 1.39 bits per heavy atom. The second-order valence-electron chi connectivity index (χ2n) is 4.96. The lowest BCUT2D eigenvalue weighted by atomic mass is 10.2. The molecule has 8 nitrogen and oxygen atoms in total. The molecule has 0 bridgehead atoms. The molecule has 0 unspecified atom stereocenters. The van der Waals surface area contributed by atoms with Gasteiger partial charge < -0.3 is 19.5 Å². The maximum absolute atomic E-state index is 13.5. The molecule has 3 rings (SSSR count). The number of carboxylic acids is 1. The van der Waals surface area contributed by atoms with Gasteiger partial charge in [-0.05, 0) is 12.1 Å². The fourth-order valence-corrected chi connectivity index (χ4v) is 2.32. The van der Waals surface area contributed by atoms with Crippen LogP contribution in [-0.4, -0.2) is 48.9 Å². The number of carbonyl (C=O) groups excluding carboxylic acids is 2. The lowest BCUT2D eigenvalue weighted by molar-refractivity contribution is -0.192. The zero-order valence-electron chi connectivity index (χ0n) is 11.7. The second-order valence-corrected chi connectivity index (χ2v) is 4.96. The monoisotopic (exact) mass is 328 g/mol. The summed E-state index contributed by atoms with van der Waals surface area (Å²) in [5.41, 5.74) is 0.225. The lowest BCUT2D eigenvalue weighted by Crippen LogP contribution is -2.49. The number of benzene rings is 1. The van der Waals surface area contributed by atoms with Crippen molar-refractivity contribution >= 4 is 29.3 Å². The van der Waals surface area contributed by atoms with Gasteiger partial charge in [0.1, 0.15) is 0 Å². The Morgan fingerprint density at radius 3 is 2.70 bits per heavy atom. The van der Waals surface area contributed by atoms with Crippen LogP contribution in [0.3, 0.4) is 0 Å². The fourth-order valence-electron chi connectivity index (χ4n) is 2.32. The van der Waals surface area contributed by atoms with E-state index in [1.54, 1.807) is 0 Å². The first-order valence-electron chi connectivity index (χ1n) is 6.40. The molecule has 2 heterocycles. The molecular formula is C13H10F2N2O6. The van der Waals surface area contributed by atoms with Gasteiger partial charge in [0, 0.05) is 13.1 Å². The third-order valence-electron chi connectivity index (χ3n) is 3.50. The van der Waals surface area contributed by atoms with Gasteiger partial charge in [0.25, 0.3) is 0 Å². The molecule has 2 amide bonds. The number of fused-ring (bicyclic) bond motifs is 1. The SMILES string of the molecule is CN1C(=O)C(F)(F)Oc2cc(N3C[C@H](C(=O)O)OC3=O)ccc21. The van der Waals surface area contributed by atoms with E-state index in [1.807, 2.05) is 0 Å². The molecule has 0 aromatic heterocycles. The van der Waals surface area contributed by atoms with E-state index in [0.29, 0.717) is 0 Å². The third-order valence-corrected chi connectivity index (χ3v) is 3.50. The molecule has 0 saturated carbocycles. The van der Waals surface area contributed by atoms with Gasteiger partial charge in [-0.25, -0.2) is 9.59 Å². The minimum atomic E-state index is -4.02. The molecule has 0 aliphatic carbocycles. The van der Waals surface area contributed by atoms with E-state index >= 15 is 0 Å². The van der Waals surface area contributed by atoms with Crippen LogP contribution in [0, 0.1) is 0 Å². The number of nitrogens with zero attached hydrogens (tertiary/aromatic N) is 2. The number of ether oxygens (including phenoxy) is 2. The van der Waals surface area contributed by atoms with E-state index in [4.69, 9.17) is 5.11 Å². The number of likely N-dealkylation sites (N-methyl/N-ethyl adjacent to an activating group) is 1. The van der Waals surface area contributed by atoms with Crippen LogP contribution in [0.4, 0.5) is 25.0 Å². The van der Waals surface area contributed by atoms with Crippen molar-refractivity contribution in [1.29, 1.82) is 0 Å². The molecule has 0 radical (unpaired) electrons. The first-order valence-corrected chi connectivity index (χ1v) is 6.40. The Labute approximate surface area is 127 Å². The molecule has 1 saturated heterocycles. The van der Waals surface area contributed by atoms with Crippen molar-refractivity contribution in [2.75, 3.05) is 23.4 Å². The first-order chi connectivity index (χ1) is 10.7. The quantitative estimate of drug-likeness (QED) is 0.871.